The first kappa shape index (κ1) is 14.9. The summed E-state index contributed by atoms with van der Waals surface area (Å²) in [7, 11) is 2.04. The van der Waals surface area contributed by atoms with Gasteiger partial charge < -0.3 is 14.8 Å². The Morgan fingerprint density at radius 2 is 1.58 bits per heavy atom. The highest BCUT2D eigenvalue weighted by molar-refractivity contribution is 6.08. The van der Waals surface area contributed by atoms with Gasteiger partial charge in [0.2, 0.25) is 0 Å². The van der Waals surface area contributed by atoms with Crippen LogP contribution >= 0.6 is 0 Å². The van der Waals surface area contributed by atoms with Gasteiger partial charge in [-0.3, -0.25) is 4.98 Å². The van der Waals surface area contributed by atoms with Crippen molar-refractivity contribution in [2.24, 2.45) is 7.05 Å². The van der Waals surface area contributed by atoms with Crippen LogP contribution in [0.15, 0.2) is 54.9 Å². The Morgan fingerprint density at radius 3 is 2.29 bits per heavy atom. The molecular weight excluding hydrogens is 300 g/mol. The van der Waals surface area contributed by atoms with E-state index in [1.165, 1.54) is 10.8 Å². The smallest absolute Gasteiger partial charge is 0.0682 e. The molecule has 24 heavy (non-hydrogen) atoms. The normalized spacial score (nSPS) is 11.5. The van der Waals surface area contributed by atoms with Gasteiger partial charge in [-0.05, 0) is 52.6 Å². The first-order valence-corrected chi connectivity index (χ1v) is 7.88. The number of rotatable bonds is 3. The van der Waals surface area contributed by atoms with Crippen LogP contribution in [-0.2, 0) is 20.3 Å². The fourth-order valence-corrected chi connectivity index (χ4v) is 3.35. The van der Waals surface area contributed by atoms with Gasteiger partial charge in [0.05, 0.1) is 24.9 Å². The van der Waals surface area contributed by atoms with Crippen LogP contribution in [0, 0.1) is 0 Å². The van der Waals surface area contributed by atoms with E-state index in [2.05, 4.69) is 27.8 Å². The molecule has 0 amide bonds. The van der Waals surface area contributed by atoms with E-state index in [4.69, 9.17) is 0 Å². The third-order valence-corrected chi connectivity index (χ3v) is 4.56. The van der Waals surface area contributed by atoms with Crippen molar-refractivity contribution in [3.8, 4) is 11.1 Å². The number of pyridine rings is 1. The topological polar surface area (TPSA) is 58.3 Å². The highest BCUT2D eigenvalue weighted by Gasteiger charge is 2.10. The van der Waals surface area contributed by atoms with E-state index in [9.17, 15) is 10.2 Å². The van der Waals surface area contributed by atoms with Crippen LogP contribution in [0.1, 0.15) is 11.1 Å². The molecule has 0 spiro atoms. The number of aliphatic hydroxyl groups excluding tert-OH is 2. The van der Waals surface area contributed by atoms with E-state index in [-0.39, 0.29) is 13.2 Å². The summed E-state index contributed by atoms with van der Waals surface area (Å²) >= 11 is 0. The number of aryl methyl sites for hydroxylation is 1. The molecule has 0 bridgehead atoms. The predicted molar refractivity (Wildman–Crippen MR) is 95.5 cm³/mol. The van der Waals surface area contributed by atoms with Crippen LogP contribution in [0.4, 0.5) is 0 Å². The summed E-state index contributed by atoms with van der Waals surface area (Å²) in [6, 6.07) is 14.1. The number of benzene rings is 2. The number of hydrogen-bond acceptors (Lipinski definition) is 3. The molecule has 0 saturated heterocycles. The molecule has 2 N–H and O–H groups in total. The van der Waals surface area contributed by atoms with E-state index in [0.29, 0.717) is 0 Å². The molecule has 120 valence electrons. The lowest BCUT2D eigenvalue weighted by Crippen LogP contribution is -1.91. The Balaban J connectivity index is 1.97. The Labute approximate surface area is 139 Å². The van der Waals surface area contributed by atoms with Gasteiger partial charge >= 0.3 is 0 Å². The van der Waals surface area contributed by atoms with Gasteiger partial charge in [0, 0.05) is 29.5 Å². The SMILES string of the molecule is Cn1c2ccc(-c3cc(CO)cc(CO)c3)cc2c2ccncc21. The van der Waals surface area contributed by atoms with Gasteiger partial charge in [-0.15, -0.1) is 0 Å². The molecule has 2 aromatic carbocycles. The molecule has 0 saturated carbocycles. The van der Waals surface area contributed by atoms with Crippen molar-refractivity contribution in [2.75, 3.05) is 0 Å². The molecule has 2 aromatic heterocycles. The molecule has 4 aromatic rings. The molecule has 0 aliphatic rings. The molecule has 0 unspecified atom stereocenters. The van der Waals surface area contributed by atoms with Gasteiger partial charge in [0.15, 0.2) is 0 Å². The summed E-state index contributed by atoms with van der Waals surface area (Å²) in [6.07, 6.45) is 3.69. The third-order valence-electron chi connectivity index (χ3n) is 4.56. The first-order chi connectivity index (χ1) is 11.7. The van der Waals surface area contributed by atoms with Gasteiger partial charge in [0.1, 0.15) is 0 Å². The summed E-state index contributed by atoms with van der Waals surface area (Å²) in [5, 5.41) is 21.3. The second kappa shape index (κ2) is 5.74. The van der Waals surface area contributed by atoms with E-state index in [1.54, 1.807) is 0 Å². The van der Waals surface area contributed by atoms with Gasteiger partial charge in [-0.25, -0.2) is 0 Å². The summed E-state index contributed by atoms with van der Waals surface area (Å²) in [4.78, 5) is 4.22. The summed E-state index contributed by atoms with van der Waals surface area (Å²) < 4.78 is 2.14. The van der Waals surface area contributed by atoms with Crippen molar-refractivity contribution in [2.45, 2.75) is 13.2 Å². The quantitative estimate of drug-likeness (QED) is 0.609. The molecule has 0 atom stereocenters. The minimum atomic E-state index is -0.0387. The maximum absolute atomic E-state index is 9.45. The number of aliphatic hydroxyl groups is 2. The second-order valence-electron chi connectivity index (χ2n) is 6.04. The maximum atomic E-state index is 9.45. The lowest BCUT2D eigenvalue weighted by Gasteiger charge is -2.08. The van der Waals surface area contributed by atoms with E-state index >= 15 is 0 Å². The van der Waals surface area contributed by atoms with Crippen LogP contribution in [-0.4, -0.2) is 19.8 Å². The van der Waals surface area contributed by atoms with Crippen LogP contribution in [0.3, 0.4) is 0 Å². The lowest BCUT2D eigenvalue weighted by molar-refractivity contribution is 0.275. The van der Waals surface area contributed by atoms with Gasteiger partial charge in [-0.2, -0.15) is 0 Å². The number of fused-ring (bicyclic) bond motifs is 3. The fourth-order valence-electron chi connectivity index (χ4n) is 3.35. The molecule has 0 radical (unpaired) electrons. The molecule has 4 nitrogen and oxygen atoms in total. The molecule has 4 rings (SSSR count). The Hall–Kier alpha value is -2.69. The monoisotopic (exact) mass is 318 g/mol. The third kappa shape index (κ3) is 2.28. The van der Waals surface area contributed by atoms with Crippen LogP contribution in [0.25, 0.3) is 32.9 Å². The zero-order valence-electron chi connectivity index (χ0n) is 13.4. The van der Waals surface area contributed by atoms with E-state index in [0.717, 1.165) is 33.3 Å². The number of aromatic nitrogens is 2. The predicted octanol–water partition coefficient (Wildman–Crippen LogP) is 3.38. The molecule has 4 heteroatoms. The molecular formula is C20H18N2O2. The van der Waals surface area contributed by atoms with Crippen molar-refractivity contribution in [1.82, 2.24) is 9.55 Å². The number of hydrogen-bond donors (Lipinski definition) is 2. The summed E-state index contributed by atoms with van der Waals surface area (Å²) in [5.41, 5.74) is 5.93. The zero-order chi connectivity index (χ0) is 16.7. The average molecular weight is 318 g/mol. The van der Waals surface area contributed by atoms with E-state index < -0.39 is 0 Å². The Morgan fingerprint density at radius 1 is 0.833 bits per heavy atom. The van der Waals surface area contributed by atoms with E-state index in [1.807, 2.05) is 43.7 Å². The van der Waals surface area contributed by atoms with Crippen molar-refractivity contribution >= 4 is 21.8 Å². The van der Waals surface area contributed by atoms with Gasteiger partial charge in [-0.1, -0.05) is 12.1 Å². The first-order valence-electron chi connectivity index (χ1n) is 7.88. The second-order valence-corrected chi connectivity index (χ2v) is 6.04. The van der Waals surface area contributed by atoms with Crippen molar-refractivity contribution in [3.05, 3.63) is 66.0 Å². The Kier molecular flexibility index (Phi) is 3.56. The molecule has 2 heterocycles. The highest BCUT2D eigenvalue weighted by Crippen LogP contribution is 2.32. The molecule has 0 aliphatic carbocycles. The average Bonchev–Trinajstić information content (AvgIpc) is 2.93. The summed E-state index contributed by atoms with van der Waals surface area (Å²) in [6.45, 7) is -0.0773. The van der Waals surface area contributed by atoms with Crippen molar-refractivity contribution in [1.29, 1.82) is 0 Å². The standard InChI is InChI=1S/C20H18N2O2/c1-22-19-3-2-15(9-18(19)17-4-5-21-10-20(17)22)16-7-13(11-23)6-14(8-16)12-24/h2-10,23-24H,11-12H2,1H3. The van der Waals surface area contributed by atoms with Crippen molar-refractivity contribution < 1.29 is 10.2 Å². The van der Waals surface area contributed by atoms with Crippen LogP contribution < -0.4 is 0 Å². The van der Waals surface area contributed by atoms with Gasteiger partial charge in [0.25, 0.3) is 0 Å². The summed E-state index contributed by atoms with van der Waals surface area (Å²) in [5.74, 6) is 0. The van der Waals surface area contributed by atoms with Crippen LogP contribution in [0.5, 0.6) is 0 Å². The maximum Gasteiger partial charge on any atom is 0.0682 e. The highest BCUT2D eigenvalue weighted by atomic mass is 16.3. The Bertz CT molecular complexity index is 1030. The molecule has 0 fully saturated rings. The zero-order valence-corrected chi connectivity index (χ0v) is 13.4. The minimum Gasteiger partial charge on any atom is -0.392 e. The minimum absolute atomic E-state index is 0.0387. The molecule has 0 aliphatic heterocycles. The number of nitrogens with zero attached hydrogens (tertiary/aromatic N) is 2. The van der Waals surface area contributed by atoms with Crippen LogP contribution in [0.2, 0.25) is 0 Å². The lowest BCUT2D eigenvalue weighted by atomic mass is 9.98. The van der Waals surface area contributed by atoms with Crippen molar-refractivity contribution in [3.63, 3.8) is 0 Å². The largest absolute Gasteiger partial charge is 0.392 e. The fraction of sp³-hybridized carbons (Fsp3) is 0.150.